The van der Waals surface area contributed by atoms with Gasteiger partial charge in [0, 0.05) is 167 Å². The zero-order valence-corrected chi connectivity index (χ0v) is 95.8. The molecule has 0 aliphatic carbocycles. The van der Waals surface area contributed by atoms with Crippen LogP contribution in [0.15, 0.2) is 168 Å². The minimum atomic E-state index is -3.70. The van der Waals surface area contributed by atoms with Crippen LogP contribution in [0.4, 0.5) is 25.8 Å². The van der Waals surface area contributed by atoms with Gasteiger partial charge in [0.15, 0.2) is 25.2 Å². The first-order valence-electron chi connectivity index (χ1n) is 46.6. The molecule has 3 amide bonds. The molecule has 12 aliphatic rings. The summed E-state index contributed by atoms with van der Waals surface area (Å²) in [6.07, 6.45) is 26.3. The Balaban J connectivity index is 0.00000157. The van der Waals surface area contributed by atoms with Crippen LogP contribution in [0.1, 0.15) is 167 Å². The minimum absolute atomic E-state index is 0. The largest absolute Gasteiger partial charge is 1.00 e. The van der Waals surface area contributed by atoms with E-state index in [1.165, 1.54) is 66.5 Å². The van der Waals surface area contributed by atoms with Crippen LogP contribution in [0.3, 0.4) is 0 Å². The van der Waals surface area contributed by atoms with Gasteiger partial charge in [0.25, 0.3) is 9.05 Å². The van der Waals surface area contributed by atoms with Gasteiger partial charge in [-0.15, -0.1) is 59.6 Å². The quantitative estimate of drug-likeness (QED) is 0.0245. The van der Waals surface area contributed by atoms with Crippen LogP contribution in [0, 0.1) is 0 Å². The monoisotopic (exact) mass is 2360 g/mol. The molecule has 17 rings (SSSR count). The second-order valence-electron chi connectivity index (χ2n) is 33.5. The number of alkyl halides is 3. The number of nitrogens with one attached hydrogen (secondary N) is 2. The molecule has 5 aromatic rings. The Labute approximate surface area is 923 Å². The van der Waals surface area contributed by atoms with E-state index in [-0.39, 0.29) is 145 Å². The Morgan fingerprint density at radius 3 is 1.19 bits per heavy atom. The molecule has 0 bridgehead atoms. The van der Waals surface area contributed by atoms with Gasteiger partial charge >= 0.3 is 59.4 Å². The van der Waals surface area contributed by atoms with E-state index in [1.807, 2.05) is 118 Å². The third kappa shape index (κ3) is 63.9. The minimum Gasteiger partial charge on any atom is -0.870 e. The van der Waals surface area contributed by atoms with Gasteiger partial charge in [0.2, 0.25) is 0 Å². The molecule has 7 N–H and O–H groups in total. The zero-order valence-electron chi connectivity index (χ0n) is 82.0. The number of carbonyl (C=O) groups excluding carboxylic acids is 3. The number of carbonyl (C=O) groups is 3. The van der Waals surface area contributed by atoms with Gasteiger partial charge in [-0.1, -0.05) is 127 Å². The van der Waals surface area contributed by atoms with Crippen molar-refractivity contribution in [3.63, 3.8) is 0 Å². The van der Waals surface area contributed by atoms with Gasteiger partial charge in [-0.3, -0.25) is 0 Å². The number of likely N-dealkylation sites (tertiary alicyclic amines) is 3. The van der Waals surface area contributed by atoms with Crippen molar-refractivity contribution in [1.82, 2.24) is 25.3 Å². The molecular weight excluding hydrogens is 2220 g/mol. The summed E-state index contributed by atoms with van der Waals surface area (Å²) in [6.45, 7) is 21.0. The number of amides is 3. The third-order valence-electron chi connectivity index (χ3n) is 21.6. The maximum absolute atomic E-state index is 12.1. The van der Waals surface area contributed by atoms with E-state index in [0.717, 1.165) is 206 Å². The standard InChI is InChI=1S/C17H23NO4.C15H20BrNO2.C15H20ClNO4S.C12H15NO3.C9H17NO3.C9H17NO2.C6H4Br2.C5H8O.C4H9NO.CH2Cl2.CH3Cl.CH3NS.CH4O.2ClH.Na.O2S.H2O/c19-17(21-13-14-6-2-1-3-7-14)18-10-9-15(12-18)22-16-8-4-5-11-20-16;16-12-4-3-5-13(10-12)17-8-7-14(11-17)19-15-6-1-2-9-18-15;16-22(18,19)14-5-3-4-12(10-14)17-8-7-13(11-17)21-15-6-1-2-9-20-15;14-11-6-7-13(8-11)12(15)16-9-10-4-2-1-3-5-10;1-9(2,3)13-8(12)10-5-4-7(11)6-10;1-2-6-11-9(3-1)12-8-4-5-10-7-8;7-5-2-1-3-6(8)4-5;1-2-4-6-5-3-1;6-4-1-2-5-3-4;2-1-3;1-2;1-2-3;1-2;;;;1-3-2;/h1-3,6-7,15-16H,4-5,8-13H2;3-5,10,14-15H,1-2,6-9,11H2;3-5,10,13,15H,1-2,6-9,11H2;1-5,11,14H,6-9H2;7,11H,4-6H2,1-3H3;8-10H,1-7H2;1-4H;2,4H,1,3,5H2;4-6H,1-3H2;1H2;1H3;1H3;2H,1H3;2*1H;;;1H2/q;;;;;;;;;;;;;;;+1;;/p-1. The molecule has 11 saturated heterocycles. The van der Waals surface area contributed by atoms with Crippen molar-refractivity contribution in [2.24, 2.45) is 4.36 Å². The Hall–Kier alpha value is -3.58. The number of rotatable bonds is 15. The first kappa shape index (κ1) is 137. The van der Waals surface area contributed by atoms with E-state index < -0.39 is 32.3 Å². The van der Waals surface area contributed by atoms with Gasteiger partial charge < -0.3 is 118 Å². The summed E-state index contributed by atoms with van der Waals surface area (Å²) >= 11 is 27.6. The van der Waals surface area contributed by atoms with Gasteiger partial charge in [0.1, 0.15) is 18.8 Å². The molecule has 12 heterocycles. The van der Waals surface area contributed by atoms with Crippen LogP contribution in [-0.2, 0) is 103 Å². The zero-order chi connectivity index (χ0) is 100. The van der Waals surface area contributed by atoms with Crippen LogP contribution in [0.25, 0.3) is 0 Å². The molecule has 0 aromatic heterocycles. The average Bonchev–Trinajstić information content (AvgIpc) is 1.67. The molecule has 798 valence electrons. The topological polar surface area (TPSA) is 394 Å². The number of nitrogens with zero attached hydrogens (tertiary/aromatic N) is 6. The Morgan fingerprint density at radius 1 is 0.496 bits per heavy atom. The van der Waals surface area contributed by atoms with Crippen LogP contribution < -0.4 is 50.0 Å². The molecular formula is C96H148Br3Cl6N8NaO24S3. The molecule has 141 heavy (non-hydrogen) atoms. The van der Waals surface area contributed by atoms with Crippen molar-refractivity contribution < 1.29 is 144 Å². The molecule has 32 nitrogen and oxygen atoms in total. The summed E-state index contributed by atoms with van der Waals surface area (Å²) in [5.74, 6) is 0. The van der Waals surface area contributed by atoms with Gasteiger partial charge in [-0.2, -0.15) is 8.42 Å². The average molecular weight is 2370 g/mol. The summed E-state index contributed by atoms with van der Waals surface area (Å²) < 4.78 is 112. The SMILES string of the molecule is Brc1cccc(Br)c1.Brc1cccc(N2CCC(OC3CCCCO3)C2)c1.C1=COCCC1.C1CCC(OC2CCNC2)OC1.CC(C)(C)OC(=O)N1CCC(O)C1.CCl.CN=S.CO.Cl.Cl.ClCCl.O=C(OCc1ccccc1)N1CCC(O)C1.O=C(OCc1ccccc1)N1CCC(OC2CCCCO2)C1.O=S(=O)(Cl)c1cccc(N2CCC(OC3CCCCO3)C2)c1.O=S=O.OC1CCNC1.[Na+].[OH-]. The van der Waals surface area contributed by atoms with Crippen molar-refractivity contribution in [1.29, 1.82) is 0 Å². The van der Waals surface area contributed by atoms with E-state index in [0.29, 0.717) is 70.9 Å². The van der Waals surface area contributed by atoms with E-state index in [2.05, 4.69) is 121 Å². The smallest absolute Gasteiger partial charge is 0.870 e. The molecule has 11 unspecified atom stereocenters. The van der Waals surface area contributed by atoms with Crippen molar-refractivity contribution in [2.75, 3.05) is 160 Å². The first-order valence-corrected chi connectivity index (χ1v) is 54.2. The normalized spacial score (nSPS) is 22.6. The van der Waals surface area contributed by atoms with Gasteiger partial charge in [-0.05, 0) is 240 Å². The molecule has 0 spiro atoms. The molecule has 45 heteroatoms. The van der Waals surface area contributed by atoms with Crippen LogP contribution in [-0.4, -0.2) is 300 Å². The summed E-state index contributed by atoms with van der Waals surface area (Å²) in [5.41, 5.74) is 3.64. The summed E-state index contributed by atoms with van der Waals surface area (Å²) in [4.78, 5) is 44.5. The van der Waals surface area contributed by atoms with E-state index in [9.17, 15) is 33.0 Å². The second kappa shape index (κ2) is 84.2. The van der Waals surface area contributed by atoms with E-state index in [4.69, 9.17) is 109 Å². The van der Waals surface area contributed by atoms with Crippen molar-refractivity contribution in [3.05, 3.63) is 170 Å². The molecule has 5 aromatic carbocycles. The fraction of sp³-hybridized carbons (Fsp3) is 0.635. The number of aliphatic hydroxyl groups excluding tert-OH is 4. The number of hydrogen-bond donors (Lipinski definition) is 6. The summed E-state index contributed by atoms with van der Waals surface area (Å²) in [6, 6.07) is 42.4. The van der Waals surface area contributed by atoms with Crippen LogP contribution in [0.5, 0.6) is 0 Å². The van der Waals surface area contributed by atoms with Crippen molar-refractivity contribution in [2.45, 2.75) is 247 Å². The van der Waals surface area contributed by atoms with Crippen molar-refractivity contribution in [3.8, 4) is 0 Å². The number of allylic oxidation sites excluding steroid dienone is 1. The third-order valence-corrected chi connectivity index (χ3v) is 24.4. The number of hydrogen-bond acceptors (Lipinski definition) is 30. The maximum Gasteiger partial charge on any atom is 1.00 e. The number of aliphatic hydroxyl groups is 4. The Morgan fingerprint density at radius 2 is 0.872 bits per heavy atom. The molecule has 11 fully saturated rings. The Kier molecular flexibility index (Phi) is 82.0. The van der Waals surface area contributed by atoms with Gasteiger partial charge in [0.05, 0.1) is 72.4 Å². The van der Waals surface area contributed by atoms with Gasteiger partial charge in [-0.25, -0.2) is 27.2 Å². The number of anilines is 2. The molecule has 0 saturated carbocycles. The molecule has 11 atom stereocenters. The van der Waals surface area contributed by atoms with Crippen molar-refractivity contribution >= 4 is 181 Å². The maximum atomic E-state index is 12.1. The number of ether oxygens (including phenoxy) is 12. The summed E-state index contributed by atoms with van der Waals surface area (Å²) in [5, 5.41) is 40.6. The summed E-state index contributed by atoms with van der Waals surface area (Å²) in [7, 11) is 4.28. The van der Waals surface area contributed by atoms with E-state index in [1.54, 1.807) is 30.3 Å². The van der Waals surface area contributed by atoms with Crippen LogP contribution >= 0.6 is 118 Å². The predicted octanol–water partition coefficient (Wildman–Crippen LogP) is 15.6. The number of β-amino-alcohol motifs (C(OH)–C–C–N with tert-alkyl or cyclic N) is 3. The van der Waals surface area contributed by atoms with Crippen LogP contribution in [0.2, 0.25) is 0 Å². The van der Waals surface area contributed by atoms with E-state index >= 15 is 0 Å². The number of benzene rings is 5. The second-order valence-corrected chi connectivity index (χ2v) is 40.1. The first-order chi connectivity index (χ1) is 66.2. The number of halogens is 9. The fourth-order valence-corrected chi connectivity index (χ4v) is 17.2. The Bertz CT molecular complexity index is 4170. The predicted molar refractivity (Wildman–Crippen MR) is 566 cm³/mol. The fourth-order valence-electron chi connectivity index (χ4n) is 14.9. The molecule has 0 radical (unpaired) electrons. The molecule has 12 aliphatic heterocycles.